The molecule has 0 fully saturated rings. The summed E-state index contributed by atoms with van der Waals surface area (Å²) in [5.74, 6) is 1.19. The highest BCUT2D eigenvalue weighted by Crippen LogP contribution is 2.21. The number of carbonyl (C=O) groups is 1. The lowest BCUT2D eigenvalue weighted by Crippen LogP contribution is -2.17. The van der Waals surface area contributed by atoms with Crippen molar-refractivity contribution in [1.82, 2.24) is 9.97 Å². The van der Waals surface area contributed by atoms with Gasteiger partial charge in [-0.15, -0.1) is 0 Å². The number of thioether (sulfide) groups is 1. The average Bonchev–Trinajstić information content (AvgIpc) is 2.68. The summed E-state index contributed by atoms with van der Waals surface area (Å²) >= 11 is 7.29. The van der Waals surface area contributed by atoms with E-state index in [4.69, 9.17) is 21.1 Å². The number of benzene rings is 2. The molecule has 0 amide bonds. The summed E-state index contributed by atoms with van der Waals surface area (Å²) in [5.41, 5.74) is 1.70. The second-order valence-corrected chi connectivity index (χ2v) is 6.96. The van der Waals surface area contributed by atoms with Crippen molar-refractivity contribution in [2.24, 2.45) is 0 Å². The van der Waals surface area contributed by atoms with E-state index in [-0.39, 0.29) is 6.61 Å². The fourth-order valence-corrected chi connectivity index (χ4v) is 2.84. The van der Waals surface area contributed by atoms with Crippen LogP contribution in [0, 0.1) is 6.92 Å². The van der Waals surface area contributed by atoms with Crippen LogP contribution in [0.5, 0.6) is 11.5 Å². The lowest BCUT2D eigenvalue weighted by atomic mass is 10.3. The summed E-state index contributed by atoms with van der Waals surface area (Å²) < 4.78 is 10.6. The number of hydrogen-bond donors (Lipinski definition) is 1. The maximum Gasteiger partial charge on any atom is 0.349 e. The molecule has 0 unspecified atom stereocenters. The lowest BCUT2D eigenvalue weighted by Gasteiger charge is -2.09. The molecule has 0 atom stereocenters. The van der Waals surface area contributed by atoms with Gasteiger partial charge in [0.25, 0.3) is 0 Å². The van der Waals surface area contributed by atoms with Crippen molar-refractivity contribution in [3.8, 4) is 11.5 Å². The zero-order valence-electron chi connectivity index (χ0n) is 15.3. The molecule has 3 rings (SSSR count). The van der Waals surface area contributed by atoms with Gasteiger partial charge in [-0.2, -0.15) is 0 Å². The van der Waals surface area contributed by atoms with Crippen molar-refractivity contribution >= 4 is 40.8 Å². The van der Waals surface area contributed by atoms with Crippen LogP contribution in [0.15, 0.2) is 59.8 Å². The van der Waals surface area contributed by atoms with Crippen LogP contribution >= 0.6 is 23.4 Å². The van der Waals surface area contributed by atoms with E-state index in [0.29, 0.717) is 27.5 Å². The van der Waals surface area contributed by atoms with Crippen LogP contribution in [-0.4, -0.2) is 28.8 Å². The van der Waals surface area contributed by atoms with E-state index >= 15 is 0 Å². The SMILES string of the molecule is CSc1nc(C)cc(Nc2ccc(OC(=O)COc3ccc(Cl)cc3)cc2)n1. The molecule has 0 saturated carbocycles. The fraction of sp³-hybridized carbons (Fsp3) is 0.150. The van der Waals surface area contributed by atoms with E-state index in [1.54, 1.807) is 48.5 Å². The Morgan fingerprint density at radius 3 is 2.43 bits per heavy atom. The van der Waals surface area contributed by atoms with Gasteiger partial charge in [0.15, 0.2) is 11.8 Å². The summed E-state index contributed by atoms with van der Waals surface area (Å²) in [6.45, 7) is 1.72. The molecule has 144 valence electrons. The molecule has 1 aromatic heterocycles. The van der Waals surface area contributed by atoms with Crippen LogP contribution in [0.25, 0.3) is 0 Å². The van der Waals surface area contributed by atoms with Gasteiger partial charge in [0, 0.05) is 22.5 Å². The third kappa shape index (κ3) is 5.87. The molecule has 0 aliphatic rings. The van der Waals surface area contributed by atoms with Gasteiger partial charge in [-0.25, -0.2) is 14.8 Å². The molecule has 28 heavy (non-hydrogen) atoms. The molecule has 1 N–H and O–H groups in total. The molecular weight excluding hydrogens is 398 g/mol. The summed E-state index contributed by atoms with van der Waals surface area (Å²) in [7, 11) is 0. The Labute approximate surface area is 172 Å². The quantitative estimate of drug-likeness (QED) is 0.255. The highest BCUT2D eigenvalue weighted by atomic mass is 35.5. The van der Waals surface area contributed by atoms with E-state index in [0.717, 1.165) is 11.4 Å². The van der Waals surface area contributed by atoms with Gasteiger partial charge in [0.05, 0.1) is 0 Å². The molecule has 0 saturated heterocycles. The second kappa shape index (κ2) is 9.43. The number of carbonyl (C=O) groups excluding carboxylic acids is 1. The Kier molecular flexibility index (Phi) is 6.73. The number of rotatable bonds is 7. The topological polar surface area (TPSA) is 73.3 Å². The maximum absolute atomic E-state index is 11.9. The zero-order valence-corrected chi connectivity index (χ0v) is 16.9. The molecule has 0 radical (unpaired) electrons. The fourth-order valence-electron chi connectivity index (χ4n) is 2.28. The monoisotopic (exact) mass is 415 g/mol. The van der Waals surface area contributed by atoms with Crippen molar-refractivity contribution < 1.29 is 14.3 Å². The number of aryl methyl sites for hydroxylation is 1. The molecule has 0 aliphatic heterocycles. The smallest absolute Gasteiger partial charge is 0.349 e. The first-order chi connectivity index (χ1) is 13.5. The zero-order chi connectivity index (χ0) is 19.9. The van der Waals surface area contributed by atoms with Crippen molar-refractivity contribution in [2.75, 3.05) is 18.2 Å². The van der Waals surface area contributed by atoms with Crippen LogP contribution in [0.1, 0.15) is 5.69 Å². The lowest BCUT2D eigenvalue weighted by molar-refractivity contribution is -0.136. The summed E-state index contributed by atoms with van der Waals surface area (Å²) in [6.07, 6.45) is 1.93. The number of hydrogen-bond acceptors (Lipinski definition) is 7. The van der Waals surface area contributed by atoms with E-state index in [1.165, 1.54) is 11.8 Å². The van der Waals surface area contributed by atoms with Crippen molar-refractivity contribution in [1.29, 1.82) is 0 Å². The van der Waals surface area contributed by atoms with Crippen molar-refractivity contribution in [3.63, 3.8) is 0 Å². The van der Waals surface area contributed by atoms with Crippen molar-refractivity contribution in [3.05, 3.63) is 65.3 Å². The molecule has 3 aromatic rings. The number of halogens is 1. The predicted octanol–water partition coefficient (Wildman–Crippen LogP) is 4.89. The number of nitrogens with one attached hydrogen (secondary N) is 1. The van der Waals surface area contributed by atoms with E-state index in [9.17, 15) is 4.79 Å². The van der Waals surface area contributed by atoms with Crippen LogP contribution in [0.4, 0.5) is 11.5 Å². The third-order valence-electron chi connectivity index (χ3n) is 3.55. The maximum atomic E-state index is 11.9. The standard InChI is InChI=1S/C20H18ClN3O3S/c1-13-11-18(24-20(22-13)28-2)23-15-5-9-17(10-6-15)27-19(25)12-26-16-7-3-14(21)4-8-16/h3-11H,12H2,1-2H3,(H,22,23,24). The van der Waals surface area contributed by atoms with Gasteiger partial charge in [0.1, 0.15) is 17.3 Å². The highest BCUT2D eigenvalue weighted by Gasteiger charge is 2.07. The molecule has 0 spiro atoms. The summed E-state index contributed by atoms with van der Waals surface area (Å²) in [4.78, 5) is 20.7. The molecule has 8 heteroatoms. The third-order valence-corrected chi connectivity index (χ3v) is 4.34. The number of esters is 1. The Morgan fingerprint density at radius 2 is 1.75 bits per heavy atom. The minimum atomic E-state index is -0.494. The highest BCUT2D eigenvalue weighted by molar-refractivity contribution is 7.98. The molecule has 0 aliphatic carbocycles. The first kappa shape index (κ1) is 20.0. The largest absolute Gasteiger partial charge is 0.482 e. The van der Waals surface area contributed by atoms with E-state index in [2.05, 4.69) is 15.3 Å². The Bertz CT molecular complexity index is 950. The molecular formula is C20H18ClN3O3S. The predicted molar refractivity (Wildman–Crippen MR) is 111 cm³/mol. The van der Waals surface area contributed by atoms with Gasteiger partial charge < -0.3 is 14.8 Å². The van der Waals surface area contributed by atoms with Crippen LogP contribution < -0.4 is 14.8 Å². The Morgan fingerprint density at radius 1 is 1.07 bits per heavy atom. The second-order valence-electron chi connectivity index (χ2n) is 5.75. The first-order valence-electron chi connectivity index (χ1n) is 8.37. The van der Waals surface area contributed by atoms with Crippen LogP contribution in [0.2, 0.25) is 5.02 Å². The molecule has 1 heterocycles. The van der Waals surface area contributed by atoms with E-state index in [1.807, 2.05) is 19.2 Å². The first-order valence-corrected chi connectivity index (χ1v) is 9.98. The summed E-state index contributed by atoms with van der Waals surface area (Å²) in [6, 6.07) is 15.6. The van der Waals surface area contributed by atoms with Crippen molar-refractivity contribution in [2.45, 2.75) is 12.1 Å². The van der Waals surface area contributed by atoms with Gasteiger partial charge in [-0.1, -0.05) is 23.4 Å². The number of aromatic nitrogens is 2. The molecule has 2 aromatic carbocycles. The van der Waals surface area contributed by atoms with Crippen LogP contribution in [-0.2, 0) is 4.79 Å². The number of ether oxygens (including phenoxy) is 2. The Hall–Kier alpha value is -2.77. The van der Waals surface area contributed by atoms with E-state index < -0.39 is 5.97 Å². The minimum absolute atomic E-state index is 0.195. The van der Waals surface area contributed by atoms with Gasteiger partial charge in [-0.3, -0.25) is 0 Å². The van der Waals surface area contributed by atoms with Gasteiger partial charge >= 0.3 is 5.97 Å². The van der Waals surface area contributed by atoms with Gasteiger partial charge in [-0.05, 0) is 61.7 Å². The molecule has 0 bridgehead atoms. The Balaban J connectivity index is 1.54. The van der Waals surface area contributed by atoms with Crippen LogP contribution in [0.3, 0.4) is 0 Å². The van der Waals surface area contributed by atoms with Gasteiger partial charge in [0.2, 0.25) is 0 Å². The minimum Gasteiger partial charge on any atom is -0.482 e. The number of nitrogens with zero attached hydrogens (tertiary/aromatic N) is 2. The average molecular weight is 416 g/mol. The summed E-state index contributed by atoms with van der Waals surface area (Å²) in [5, 5.41) is 4.52. The number of anilines is 2. The molecule has 6 nitrogen and oxygen atoms in total. The normalized spacial score (nSPS) is 10.4.